The lowest BCUT2D eigenvalue weighted by molar-refractivity contribution is 0.170. The number of rotatable bonds is 5. The quantitative estimate of drug-likeness (QED) is 0.393. The van der Waals surface area contributed by atoms with Crippen molar-refractivity contribution in [2.24, 2.45) is 0 Å². The number of sulfone groups is 1. The minimum absolute atomic E-state index is 0.116. The van der Waals surface area contributed by atoms with Crippen LogP contribution in [0, 0.1) is 13.8 Å². The van der Waals surface area contributed by atoms with Gasteiger partial charge in [-0.25, -0.2) is 23.4 Å². The van der Waals surface area contributed by atoms with E-state index in [0.717, 1.165) is 64.6 Å². The molecule has 3 heterocycles. The highest BCUT2D eigenvalue weighted by molar-refractivity contribution is 7.90. The predicted octanol–water partition coefficient (Wildman–Crippen LogP) is 4.82. The first-order chi connectivity index (χ1) is 16.2. The lowest BCUT2D eigenvalue weighted by Crippen LogP contribution is -2.39. The van der Waals surface area contributed by atoms with E-state index in [1.807, 2.05) is 44.2 Å². The lowest BCUT2D eigenvalue weighted by atomic mass is 10.1. The molecule has 0 N–H and O–H groups in total. The fraction of sp³-hybridized carbons (Fsp3) is 0.320. The summed E-state index contributed by atoms with van der Waals surface area (Å²) in [5, 5.41) is 0.681. The Morgan fingerprint density at radius 2 is 1.56 bits per heavy atom. The van der Waals surface area contributed by atoms with Crippen molar-refractivity contribution >= 4 is 37.3 Å². The third-order valence-electron chi connectivity index (χ3n) is 5.95. The Morgan fingerprint density at radius 1 is 0.912 bits per heavy atom. The molecule has 0 aliphatic carbocycles. The molecule has 0 atom stereocenters. The largest absolute Gasteiger partial charge is 0.467 e. The molecule has 0 saturated carbocycles. The van der Waals surface area contributed by atoms with Crippen LogP contribution in [-0.2, 0) is 9.84 Å². The molecule has 176 valence electrons. The zero-order valence-corrected chi connectivity index (χ0v) is 21.0. The van der Waals surface area contributed by atoms with Gasteiger partial charge in [-0.3, -0.25) is 0 Å². The summed E-state index contributed by atoms with van der Waals surface area (Å²) in [5.74, 6) is 0.799. The number of hydrogen-bond acceptors (Lipinski definition) is 8. The first-order valence-corrected chi connectivity index (χ1v) is 13.9. The number of piperidine rings is 1. The van der Waals surface area contributed by atoms with Gasteiger partial charge in [-0.15, -0.1) is 0 Å². The second-order valence-corrected chi connectivity index (χ2v) is 11.7. The lowest BCUT2D eigenvalue weighted by Gasteiger charge is -2.31. The molecule has 4 aromatic rings. The van der Waals surface area contributed by atoms with Gasteiger partial charge < -0.3 is 9.64 Å². The molecule has 1 fully saturated rings. The summed E-state index contributed by atoms with van der Waals surface area (Å²) < 4.78 is 30.7. The molecule has 0 bridgehead atoms. The summed E-state index contributed by atoms with van der Waals surface area (Å²) in [4.78, 5) is 16.4. The maximum atomic E-state index is 11.7. The zero-order valence-electron chi connectivity index (χ0n) is 19.4. The minimum Gasteiger partial charge on any atom is -0.467 e. The second-order valence-electron chi connectivity index (χ2n) is 8.71. The van der Waals surface area contributed by atoms with Gasteiger partial charge in [-0.05, 0) is 55.3 Å². The Bertz CT molecular complexity index is 1420. The summed E-state index contributed by atoms with van der Waals surface area (Å²) in [6.45, 7) is 5.70. The number of hydrogen-bond donors (Lipinski definition) is 0. The van der Waals surface area contributed by atoms with Crippen LogP contribution in [0.2, 0.25) is 0 Å². The molecular weight excluding hydrogens is 468 g/mol. The number of ether oxygens (including phenoxy) is 1. The van der Waals surface area contributed by atoms with Crippen LogP contribution in [0.25, 0.3) is 21.3 Å². The molecule has 5 rings (SSSR count). The molecule has 7 nitrogen and oxygen atoms in total. The van der Waals surface area contributed by atoms with E-state index in [1.165, 1.54) is 6.26 Å². The first kappa shape index (κ1) is 22.7. The fourth-order valence-corrected chi connectivity index (χ4v) is 5.74. The molecule has 2 aromatic carbocycles. The van der Waals surface area contributed by atoms with Crippen LogP contribution < -0.4 is 9.64 Å². The topological polar surface area (TPSA) is 85.3 Å². The maximum absolute atomic E-state index is 11.7. The summed E-state index contributed by atoms with van der Waals surface area (Å²) in [5.41, 5.74) is 4.86. The SMILES string of the molecule is Cc1cc(C)nc(N2CCC(Oc3nc4ccc(-c5ccc(S(C)(=O)=O)cc5)cc4s3)CC2)n1. The number of nitrogens with zero attached hydrogens (tertiary/aromatic N) is 4. The van der Waals surface area contributed by atoms with Crippen LogP contribution in [0.3, 0.4) is 0 Å². The van der Waals surface area contributed by atoms with Gasteiger partial charge in [-0.1, -0.05) is 29.5 Å². The average molecular weight is 495 g/mol. The summed E-state index contributed by atoms with van der Waals surface area (Å²) in [7, 11) is -3.20. The number of fused-ring (bicyclic) bond motifs is 1. The van der Waals surface area contributed by atoms with Gasteiger partial charge in [0.1, 0.15) is 6.10 Å². The number of benzene rings is 2. The second kappa shape index (κ2) is 8.96. The van der Waals surface area contributed by atoms with Gasteiger partial charge in [0.2, 0.25) is 5.95 Å². The third-order valence-corrected chi connectivity index (χ3v) is 7.98. The van der Waals surface area contributed by atoms with E-state index in [0.29, 0.717) is 10.1 Å². The Kier molecular flexibility index (Phi) is 5.99. The van der Waals surface area contributed by atoms with E-state index < -0.39 is 9.84 Å². The number of aromatic nitrogens is 3. The van der Waals surface area contributed by atoms with Crippen LogP contribution in [0.4, 0.5) is 5.95 Å². The number of anilines is 1. The predicted molar refractivity (Wildman–Crippen MR) is 136 cm³/mol. The highest BCUT2D eigenvalue weighted by Gasteiger charge is 2.23. The van der Waals surface area contributed by atoms with Crippen molar-refractivity contribution in [2.45, 2.75) is 37.7 Å². The maximum Gasteiger partial charge on any atom is 0.274 e. The Labute approximate surface area is 203 Å². The molecule has 1 saturated heterocycles. The van der Waals surface area contributed by atoms with Crippen molar-refractivity contribution in [1.82, 2.24) is 15.0 Å². The van der Waals surface area contributed by atoms with E-state index in [2.05, 4.69) is 25.9 Å². The van der Waals surface area contributed by atoms with Crippen LogP contribution in [0.5, 0.6) is 5.19 Å². The van der Waals surface area contributed by atoms with E-state index >= 15 is 0 Å². The molecule has 1 aliphatic heterocycles. The van der Waals surface area contributed by atoms with Gasteiger partial charge in [0.05, 0.1) is 15.1 Å². The van der Waals surface area contributed by atoms with Crippen molar-refractivity contribution in [3.8, 4) is 16.3 Å². The van der Waals surface area contributed by atoms with Crippen molar-refractivity contribution in [3.05, 3.63) is 59.9 Å². The Morgan fingerprint density at radius 3 is 2.21 bits per heavy atom. The minimum atomic E-state index is -3.20. The molecule has 0 unspecified atom stereocenters. The van der Waals surface area contributed by atoms with Crippen LogP contribution >= 0.6 is 11.3 Å². The van der Waals surface area contributed by atoms with Crippen molar-refractivity contribution < 1.29 is 13.2 Å². The molecular formula is C25H26N4O3S2. The Balaban J connectivity index is 1.26. The highest BCUT2D eigenvalue weighted by Crippen LogP contribution is 2.33. The van der Waals surface area contributed by atoms with E-state index in [9.17, 15) is 8.42 Å². The molecule has 0 amide bonds. The van der Waals surface area contributed by atoms with E-state index in [1.54, 1.807) is 23.5 Å². The monoisotopic (exact) mass is 494 g/mol. The van der Waals surface area contributed by atoms with Gasteiger partial charge in [0.25, 0.3) is 5.19 Å². The first-order valence-electron chi connectivity index (χ1n) is 11.2. The van der Waals surface area contributed by atoms with Crippen LogP contribution in [0.15, 0.2) is 53.4 Å². The van der Waals surface area contributed by atoms with E-state index in [-0.39, 0.29) is 6.10 Å². The van der Waals surface area contributed by atoms with Gasteiger partial charge in [0.15, 0.2) is 9.84 Å². The normalized spacial score (nSPS) is 15.1. The summed E-state index contributed by atoms with van der Waals surface area (Å²) in [6.07, 6.45) is 3.12. The van der Waals surface area contributed by atoms with Crippen LogP contribution in [0.1, 0.15) is 24.2 Å². The van der Waals surface area contributed by atoms with Crippen LogP contribution in [-0.4, -0.2) is 48.8 Å². The number of thiazole rings is 1. The molecule has 0 spiro atoms. The molecule has 1 aliphatic rings. The number of aryl methyl sites for hydroxylation is 2. The zero-order chi connectivity index (χ0) is 23.9. The standard InChI is InChI=1S/C25H26N4O3S2/c1-16-14-17(2)27-24(26-16)29-12-10-20(11-13-29)32-25-28-22-9-6-19(15-23(22)33-25)18-4-7-21(8-5-18)34(3,30)31/h4-9,14-15,20H,10-13H2,1-3H3. The summed E-state index contributed by atoms with van der Waals surface area (Å²) >= 11 is 1.54. The van der Waals surface area contributed by atoms with Crippen molar-refractivity contribution in [2.75, 3.05) is 24.2 Å². The molecule has 9 heteroatoms. The molecule has 0 radical (unpaired) electrons. The van der Waals surface area contributed by atoms with Gasteiger partial charge in [0, 0.05) is 43.6 Å². The fourth-order valence-electron chi connectivity index (χ4n) is 4.19. The molecule has 2 aromatic heterocycles. The highest BCUT2D eigenvalue weighted by atomic mass is 32.2. The third kappa shape index (κ3) is 4.90. The van der Waals surface area contributed by atoms with Crippen molar-refractivity contribution in [1.29, 1.82) is 0 Å². The van der Waals surface area contributed by atoms with Gasteiger partial charge >= 0.3 is 0 Å². The smallest absolute Gasteiger partial charge is 0.274 e. The Hall–Kier alpha value is -3.04. The van der Waals surface area contributed by atoms with Gasteiger partial charge in [-0.2, -0.15) is 0 Å². The summed E-state index contributed by atoms with van der Waals surface area (Å²) in [6, 6.07) is 15.0. The molecule has 34 heavy (non-hydrogen) atoms. The average Bonchev–Trinajstić information content (AvgIpc) is 3.20. The van der Waals surface area contributed by atoms with Crippen molar-refractivity contribution in [3.63, 3.8) is 0 Å². The van der Waals surface area contributed by atoms with E-state index in [4.69, 9.17) is 4.74 Å².